The topological polar surface area (TPSA) is 47.6 Å². The van der Waals surface area contributed by atoms with Crippen molar-refractivity contribution in [2.45, 2.75) is 45.8 Å². The molecule has 1 aliphatic heterocycles. The summed E-state index contributed by atoms with van der Waals surface area (Å²) in [6.07, 6.45) is 0. The van der Waals surface area contributed by atoms with Crippen LogP contribution in [0.5, 0.6) is 0 Å². The summed E-state index contributed by atoms with van der Waals surface area (Å²) in [6.45, 7) is 9.39. The fourth-order valence-corrected chi connectivity index (χ4v) is 2.18. The normalized spacial score (nSPS) is 20.0. The van der Waals surface area contributed by atoms with Gasteiger partial charge >= 0.3 is 7.12 Å². The van der Waals surface area contributed by atoms with Crippen molar-refractivity contribution in [3.63, 3.8) is 0 Å². The Bertz CT molecular complexity index is 529. The van der Waals surface area contributed by atoms with Gasteiger partial charge in [-0.1, -0.05) is 11.6 Å². The first-order valence-corrected chi connectivity index (χ1v) is 6.93. The minimum atomic E-state index is -0.555. The van der Waals surface area contributed by atoms with Crippen LogP contribution in [0.3, 0.4) is 0 Å². The van der Waals surface area contributed by atoms with E-state index < -0.39 is 18.3 Å². The van der Waals surface area contributed by atoms with E-state index in [4.69, 9.17) is 20.9 Å². The third kappa shape index (κ3) is 2.85. The van der Waals surface area contributed by atoms with Gasteiger partial charge < -0.3 is 14.6 Å². The monoisotopic (exact) mass is 295 g/mol. The van der Waals surface area contributed by atoms with Gasteiger partial charge in [-0.05, 0) is 45.9 Å². The first-order valence-electron chi connectivity index (χ1n) is 6.55. The van der Waals surface area contributed by atoms with Gasteiger partial charge in [-0.15, -0.1) is 0 Å². The summed E-state index contributed by atoms with van der Waals surface area (Å²) in [5.74, 6) is -0.148. The summed E-state index contributed by atoms with van der Waals surface area (Å²) in [5.41, 5.74) is 0.507. The van der Waals surface area contributed by atoms with E-state index in [2.05, 4.69) is 5.32 Å². The van der Waals surface area contributed by atoms with Crippen LogP contribution < -0.4 is 10.8 Å². The molecule has 0 saturated carbocycles. The standard InChI is InChI=1S/C14H19BClNO3/c1-9(18)17-12-7-6-10(16)8-11(12)15-19-13(2,3)14(4,5)20-15/h6-8H,1-5H3,(H,17,18). The Labute approximate surface area is 124 Å². The van der Waals surface area contributed by atoms with Crippen LogP contribution in [-0.4, -0.2) is 24.2 Å². The summed E-state index contributed by atoms with van der Waals surface area (Å²) < 4.78 is 12.0. The molecule has 0 atom stereocenters. The number of carbonyl (C=O) groups excluding carboxylic acids is 1. The zero-order valence-electron chi connectivity index (χ0n) is 12.4. The molecule has 0 radical (unpaired) electrons. The lowest BCUT2D eigenvalue weighted by molar-refractivity contribution is -0.114. The predicted octanol–water partition coefficient (Wildman–Crippen LogP) is 2.60. The molecule has 1 fully saturated rings. The highest BCUT2D eigenvalue weighted by molar-refractivity contribution is 6.64. The van der Waals surface area contributed by atoms with Crippen molar-refractivity contribution in [3.05, 3.63) is 23.2 Å². The molecule has 20 heavy (non-hydrogen) atoms. The molecule has 1 amide bonds. The van der Waals surface area contributed by atoms with Crippen molar-refractivity contribution in [3.8, 4) is 0 Å². The van der Waals surface area contributed by atoms with E-state index in [1.54, 1.807) is 18.2 Å². The lowest BCUT2D eigenvalue weighted by Gasteiger charge is -2.32. The second-order valence-corrected chi connectivity index (χ2v) is 6.44. The van der Waals surface area contributed by atoms with Crippen molar-refractivity contribution < 1.29 is 14.1 Å². The molecule has 108 valence electrons. The molecule has 0 spiro atoms. The summed E-state index contributed by atoms with van der Waals surface area (Å²) in [5, 5.41) is 3.35. The zero-order chi connectivity index (χ0) is 15.1. The summed E-state index contributed by atoms with van der Waals surface area (Å²) >= 11 is 6.05. The summed E-state index contributed by atoms with van der Waals surface area (Å²) in [4.78, 5) is 11.3. The Kier molecular flexibility index (Phi) is 3.89. The second kappa shape index (κ2) is 5.06. The molecule has 1 aromatic carbocycles. The number of hydrogen-bond acceptors (Lipinski definition) is 3. The van der Waals surface area contributed by atoms with E-state index in [0.717, 1.165) is 5.46 Å². The van der Waals surface area contributed by atoms with Gasteiger partial charge in [0.25, 0.3) is 0 Å². The van der Waals surface area contributed by atoms with E-state index in [1.165, 1.54) is 6.92 Å². The Morgan fingerprint density at radius 2 is 1.75 bits per heavy atom. The van der Waals surface area contributed by atoms with Gasteiger partial charge in [0.15, 0.2) is 0 Å². The van der Waals surface area contributed by atoms with Crippen molar-refractivity contribution >= 4 is 35.8 Å². The SMILES string of the molecule is CC(=O)Nc1ccc(Cl)cc1B1OC(C)(C)C(C)(C)O1. The zero-order valence-corrected chi connectivity index (χ0v) is 13.2. The van der Waals surface area contributed by atoms with Crippen LogP contribution in [0.2, 0.25) is 5.02 Å². The molecule has 1 aliphatic rings. The quantitative estimate of drug-likeness (QED) is 0.853. The minimum Gasteiger partial charge on any atom is -0.399 e. The van der Waals surface area contributed by atoms with Crippen LogP contribution in [0, 0.1) is 0 Å². The Hall–Kier alpha value is -1.04. The van der Waals surface area contributed by atoms with E-state index in [0.29, 0.717) is 10.7 Å². The molecule has 1 saturated heterocycles. The van der Waals surface area contributed by atoms with Crippen LogP contribution in [-0.2, 0) is 14.1 Å². The Morgan fingerprint density at radius 1 is 1.20 bits per heavy atom. The van der Waals surface area contributed by atoms with Gasteiger partial charge in [0.1, 0.15) is 0 Å². The van der Waals surface area contributed by atoms with E-state index in [9.17, 15) is 4.79 Å². The highest BCUT2D eigenvalue weighted by atomic mass is 35.5. The maximum Gasteiger partial charge on any atom is 0.497 e. The number of halogens is 1. The molecule has 0 aromatic heterocycles. The third-order valence-corrected chi connectivity index (χ3v) is 4.07. The molecular weight excluding hydrogens is 276 g/mol. The van der Waals surface area contributed by atoms with E-state index in [-0.39, 0.29) is 5.91 Å². The predicted molar refractivity (Wildman–Crippen MR) is 81.5 cm³/mol. The minimum absolute atomic E-state index is 0.148. The van der Waals surface area contributed by atoms with Gasteiger partial charge in [-0.25, -0.2) is 0 Å². The van der Waals surface area contributed by atoms with E-state index >= 15 is 0 Å². The highest BCUT2D eigenvalue weighted by Gasteiger charge is 2.52. The number of benzene rings is 1. The molecule has 1 N–H and O–H groups in total. The Morgan fingerprint density at radius 3 is 2.25 bits per heavy atom. The number of rotatable bonds is 2. The largest absolute Gasteiger partial charge is 0.497 e. The van der Waals surface area contributed by atoms with Gasteiger partial charge in [0, 0.05) is 23.1 Å². The third-order valence-electron chi connectivity index (χ3n) is 3.83. The number of anilines is 1. The number of carbonyl (C=O) groups is 1. The van der Waals surface area contributed by atoms with Crippen LogP contribution in [0.4, 0.5) is 5.69 Å². The van der Waals surface area contributed by atoms with Crippen LogP contribution in [0.15, 0.2) is 18.2 Å². The average molecular weight is 296 g/mol. The van der Waals surface area contributed by atoms with Gasteiger partial charge in [0.2, 0.25) is 5.91 Å². The Balaban J connectivity index is 2.38. The first-order chi connectivity index (χ1) is 9.12. The molecule has 4 nitrogen and oxygen atoms in total. The lowest BCUT2D eigenvalue weighted by atomic mass is 9.77. The maximum atomic E-state index is 11.3. The van der Waals surface area contributed by atoms with Gasteiger partial charge in [-0.3, -0.25) is 4.79 Å². The molecule has 0 unspecified atom stereocenters. The van der Waals surface area contributed by atoms with Crippen molar-refractivity contribution in [2.75, 3.05) is 5.32 Å². The van der Waals surface area contributed by atoms with Crippen LogP contribution in [0.25, 0.3) is 0 Å². The maximum absolute atomic E-state index is 11.3. The average Bonchev–Trinajstić information content (AvgIpc) is 2.50. The fraction of sp³-hybridized carbons (Fsp3) is 0.500. The smallest absolute Gasteiger partial charge is 0.399 e. The molecule has 1 aromatic rings. The first kappa shape index (κ1) is 15.4. The van der Waals surface area contributed by atoms with Crippen molar-refractivity contribution in [1.82, 2.24) is 0 Å². The fourth-order valence-electron chi connectivity index (χ4n) is 2.00. The van der Waals surface area contributed by atoms with E-state index in [1.807, 2.05) is 27.7 Å². The van der Waals surface area contributed by atoms with Crippen molar-refractivity contribution in [2.24, 2.45) is 0 Å². The van der Waals surface area contributed by atoms with Crippen LogP contribution >= 0.6 is 11.6 Å². The summed E-state index contributed by atoms with van der Waals surface area (Å²) in [7, 11) is -0.555. The number of hydrogen-bond donors (Lipinski definition) is 1. The number of amides is 1. The second-order valence-electron chi connectivity index (χ2n) is 6.00. The molecular formula is C14H19BClNO3. The molecule has 2 rings (SSSR count). The molecule has 1 heterocycles. The number of nitrogens with one attached hydrogen (secondary N) is 1. The van der Waals surface area contributed by atoms with Crippen molar-refractivity contribution in [1.29, 1.82) is 0 Å². The van der Waals surface area contributed by atoms with Crippen LogP contribution in [0.1, 0.15) is 34.6 Å². The molecule has 0 bridgehead atoms. The molecule has 0 aliphatic carbocycles. The lowest BCUT2D eigenvalue weighted by Crippen LogP contribution is -2.41. The highest BCUT2D eigenvalue weighted by Crippen LogP contribution is 2.37. The molecule has 6 heteroatoms. The summed E-state index contributed by atoms with van der Waals surface area (Å²) in [6, 6.07) is 5.24. The van der Waals surface area contributed by atoms with Gasteiger partial charge in [0.05, 0.1) is 11.2 Å². The van der Waals surface area contributed by atoms with Gasteiger partial charge in [-0.2, -0.15) is 0 Å².